The predicted octanol–water partition coefficient (Wildman–Crippen LogP) is 1.03. The van der Waals surface area contributed by atoms with Crippen molar-refractivity contribution in [2.45, 2.75) is 24.9 Å². The molecule has 2 aliphatic rings. The molecule has 1 saturated carbocycles. The molecule has 6 nitrogen and oxygen atoms in total. The molecule has 2 fully saturated rings. The van der Waals surface area contributed by atoms with Crippen LogP contribution < -0.4 is 4.90 Å². The summed E-state index contributed by atoms with van der Waals surface area (Å²) in [6.07, 6.45) is 3.48. The maximum absolute atomic E-state index is 12.4. The van der Waals surface area contributed by atoms with Crippen molar-refractivity contribution in [1.29, 1.82) is 0 Å². The van der Waals surface area contributed by atoms with E-state index in [1.807, 2.05) is 0 Å². The fourth-order valence-corrected chi connectivity index (χ4v) is 2.38. The highest BCUT2D eigenvalue weighted by atomic mass is 16.5. The molecule has 1 saturated heterocycles. The van der Waals surface area contributed by atoms with Crippen molar-refractivity contribution in [2.75, 3.05) is 18.6 Å². The van der Waals surface area contributed by atoms with Crippen LogP contribution in [0.5, 0.6) is 0 Å². The maximum atomic E-state index is 12.4. The van der Waals surface area contributed by atoms with Crippen molar-refractivity contribution in [2.24, 2.45) is 0 Å². The molecule has 6 heteroatoms. The average molecular weight is 261 g/mol. The minimum Gasteiger partial charge on any atom is -0.382 e. The van der Waals surface area contributed by atoms with Crippen molar-refractivity contribution >= 4 is 17.8 Å². The Kier molecular flexibility index (Phi) is 2.94. The minimum absolute atomic E-state index is 0.172. The van der Waals surface area contributed by atoms with Crippen molar-refractivity contribution in [3.05, 3.63) is 24.4 Å². The van der Waals surface area contributed by atoms with Crippen molar-refractivity contribution in [1.82, 2.24) is 9.88 Å². The second-order valence-corrected chi connectivity index (χ2v) is 4.75. The summed E-state index contributed by atoms with van der Waals surface area (Å²) < 4.78 is 5.08. The quantitative estimate of drug-likeness (QED) is 0.759. The van der Waals surface area contributed by atoms with Gasteiger partial charge in [0.25, 0.3) is 5.91 Å². The molecule has 0 spiro atoms. The monoisotopic (exact) mass is 261 g/mol. The van der Waals surface area contributed by atoms with Crippen LogP contribution in [-0.2, 0) is 9.53 Å². The number of urea groups is 1. The van der Waals surface area contributed by atoms with Gasteiger partial charge in [-0.15, -0.1) is 0 Å². The number of hydrogen-bond donors (Lipinski definition) is 0. The molecular weight excluding hydrogens is 246 g/mol. The standard InChI is InChI=1S/C13H15N3O3/c1-19-8-10-12(17)16(11-4-2-3-7-14-11)13(18)15(10)9-5-6-9/h2-4,7,9-10H,5-6,8H2,1H3/t10-/m1/s1. The highest BCUT2D eigenvalue weighted by Crippen LogP contribution is 2.35. The average Bonchev–Trinajstić information content (AvgIpc) is 3.21. The zero-order chi connectivity index (χ0) is 13.4. The largest absolute Gasteiger partial charge is 0.382 e. The first-order valence-corrected chi connectivity index (χ1v) is 6.30. The van der Waals surface area contributed by atoms with Gasteiger partial charge in [-0.2, -0.15) is 0 Å². The normalized spacial score (nSPS) is 23.3. The number of anilines is 1. The highest BCUT2D eigenvalue weighted by Gasteiger charge is 2.51. The van der Waals surface area contributed by atoms with Crippen LogP contribution in [0.25, 0.3) is 0 Å². The fraction of sp³-hybridized carbons (Fsp3) is 0.462. The molecule has 1 aromatic rings. The van der Waals surface area contributed by atoms with Gasteiger partial charge >= 0.3 is 6.03 Å². The summed E-state index contributed by atoms with van der Waals surface area (Å²) in [5.41, 5.74) is 0. The number of amides is 3. The number of aromatic nitrogens is 1. The number of carbonyl (C=O) groups excluding carboxylic acids is 2. The second-order valence-electron chi connectivity index (χ2n) is 4.75. The number of imide groups is 1. The van der Waals surface area contributed by atoms with Gasteiger partial charge in [-0.3, -0.25) is 4.79 Å². The smallest absolute Gasteiger partial charge is 0.333 e. The lowest BCUT2D eigenvalue weighted by molar-refractivity contribution is -0.121. The lowest BCUT2D eigenvalue weighted by Crippen LogP contribution is -2.39. The summed E-state index contributed by atoms with van der Waals surface area (Å²) in [7, 11) is 1.53. The molecule has 100 valence electrons. The molecule has 1 atom stereocenters. The van der Waals surface area contributed by atoms with E-state index in [2.05, 4.69) is 4.98 Å². The Bertz CT molecular complexity index is 501. The van der Waals surface area contributed by atoms with Gasteiger partial charge in [0.2, 0.25) is 0 Å². The van der Waals surface area contributed by atoms with Gasteiger partial charge < -0.3 is 9.64 Å². The molecule has 1 aliphatic heterocycles. The van der Waals surface area contributed by atoms with E-state index in [-0.39, 0.29) is 24.6 Å². The SMILES string of the molecule is COC[C@@H]1C(=O)N(c2ccccn2)C(=O)N1C1CC1. The summed E-state index contributed by atoms with van der Waals surface area (Å²) in [6, 6.07) is 4.54. The number of ether oxygens (including phenoxy) is 1. The Balaban J connectivity index is 1.93. The molecule has 1 aromatic heterocycles. The van der Waals surface area contributed by atoms with Crippen LogP contribution in [0.4, 0.5) is 10.6 Å². The molecule has 0 aromatic carbocycles. The van der Waals surface area contributed by atoms with Gasteiger partial charge in [0, 0.05) is 19.3 Å². The first kappa shape index (κ1) is 12.1. The zero-order valence-corrected chi connectivity index (χ0v) is 10.7. The van der Waals surface area contributed by atoms with Gasteiger partial charge in [-0.1, -0.05) is 6.07 Å². The summed E-state index contributed by atoms with van der Waals surface area (Å²) in [6.45, 7) is 0.227. The lowest BCUT2D eigenvalue weighted by Gasteiger charge is -2.20. The van der Waals surface area contributed by atoms with Gasteiger partial charge in [0.05, 0.1) is 6.61 Å². The number of carbonyl (C=O) groups is 2. The van der Waals surface area contributed by atoms with Crippen LogP contribution in [0.3, 0.4) is 0 Å². The zero-order valence-electron chi connectivity index (χ0n) is 10.7. The Morgan fingerprint density at radius 2 is 2.16 bits per heavy atom. The molecule has 3 rings (SSSR count). The molecule has 0 radical (unpaired) electrons. The summed E-state index contributed by atoms with van der Waals surface area (Å²) in [5, 5.41) is 0. The molecule has 19 heavy (non-hydrogen) atoms. The summed E-state index contributed by atoms with van der Waals surface area (Å²) in [5.74, 6) is 0.124. The molecule has 2 heterocycles. The number of pyridine rings is 1. The van der Waals surface area contributed by atoms with Crippen molar-refractivity contribution < 1.29 is 14.3 Å². The van der Waals surface area contributed by atoms with Crippen LogP contribution in [0.15, 0.2) is 24.4 Å². The first-order chi connectivity index (χ1) is 9.24. The second kappa shape index (κ2) is 4.62. The van der Waals surface area contributed by atoms with Crippen LogP contribution in [0.2, 0.25) is 0 Å². The first-order valence-electron chi connectivity index (χ1n) is 6.30. The molecule has 0 N–H and O–H groups in total. The minimum atomic E-state index is -0.521. The van der Waals surface area contributed by atoms with E-state index < -0.39 is 6.04 Å². The van der Waals surface area contributed by atoms with E-state index in [1.54, 1.807) is 29.3 Å². The topological polar surface area (TPSA) is 62.7 Å². The van der Waals surface area contributed by atoms with E-state index in [0.29, 0.717) is 5.82 Å². The number of methoxy groups -OCH3 is 1. The van der Waals surface area contributed by atoms with Crippen molar-refractivity contribution in [3.63, 3.8) is 0 Å². The van der Waals surface area contributed by atoms with E-state index >= 15 is 0 Å². The van der Waals surface area contributed by atoms with Crippen LogP contribution in [0, 0.1) is 0 Å². The van der Waals surface area contributed by atoms with E-state index in [1.165, 1.54) is 7.11 Å². The van der Waals surface area contributed by atoms with Gasteiger partial charge in [0.1, 0.15) is 11.9 Å². The third-order valence-corrected chi connectivity index (χ3v) is 3.40. The lowest BCUT2D eigenvalue weighted by atomic mass is 10.2. The van der Waals surface area contributed by atoms with Gasteiger partial charge in [-0.05, 0) is 25.0 Å². The highest BCUT2D eigenvalue weighted by molar-refractivity contribution is 6.21. The molecule has 0 unspecified atom stereocenters. The van der Waals surface area contributed by atoms with Gasteiger partial charge in [0.15, 0.2) is 0 Å². The van der Waals surface area contributed by atoms with E-state index in [9.17, 15) is 9.59 Å². The summed E-state index contributed by atoms with van der Waals surface area (Å²) in [4.78, 5) is 31.7. The number of nitrogens with zero attached hydrogens (tertiary/aromatic N) is 3. The van der Waals surface area contributed by atoms with Crippen LogP contribution in [0.1, 0.15) is 12.8 Å². The summed E-state index contributed by atoms with van der Waals surface area (Å²) >= 11 is 0. The Morgan fingerprint density at radius 3 is 2.74 bits per heavy atom. The van der Waals surface area contributed by atoms with E-state index in [0.717, 1.165) is 17.7 Å². The van der Waals surface area contributed by atoms with Gasteiger partial charge in [-0.25, -0.2) is 14.7 Å². The number of rotatable bonds is 4. The molecular formula is C13H15N3O3. The Morgan fingerprint density at radius 1 is 1.37 bits per heavy atom. The number of hydrogen-bond acceptors (Lipinski definition) is 4. The van der Waals surface area contributed by atoms with Crippen molar-refractivity contribution in [3.8, 4) is 0 Å². The molecule has 1 aliphatic carbocycles. The predicted molar refractivity (Wildman–Crippen MR) is 67.6 cm³/mol. The maximum Gasteiger partial charge on any atom is 0.333 e. The van der Waals surface area contributed by atoms with Crippen LogP contribution in [-0.4, -0.2) is 47.6 Å². The third kappa shape index (κ3) is 1.98. The molecule has 3 amide bonds. The molecule has 0 bridgehead atoms. The fourth-order valence-electron chi connectivity index (χ4n) is 2.38. The van der Waals surface area contributed by atoms with Crippen LogP contribution >= 0.6 is 0 Å². The Hall–Kier alpha value is -1.95. The third-order valence-electron chi connectivity index (χ3n) is 3.40. The van der Waals surface area contributed by atoms with E-state index in [4.69, 9.17) is 4.74 Å². The Labute approximate surface area is 111 Å².